The SMILES string of the molecule is O=C(Cc1cccs1)Nc1ccc(N2CCN(C3CCCCC3)CC2)cc1C(=O)O. The highest BCUT2D eigenvalue weighted by atomic mass is 32.1. The second-order valence-corrected chi connectivity index (χ2v) is 9.19. The van der Waals surface area contributed by atoms with E-state index < -0.39 is 5.97 Å². The number of rotatable bonds is 6. The van der Waals surface area contributed by atoms with E-state index in [1.807, 2.05) is 23.6 Å². The summed E-state index contributed by atoms with van der Waals surface area (Å²) in [6.45, 7) is 3.85. The van der Waals surface area contributed by atoms with Crippen LogP contribution >= 0.6 is 11.3 Å². The molecule has 0 bridgehead atoms. The smallest absolute Gasteiger partial charge is 0.337 e. The lowest BCUT2D eigenvalue weighted by Gasteiger charge is -2.41. The maximum absolute atomic E-state index is 12.3. The predicted molar refractivity (Wildman–Crippen MR) is 121 cm³/mol. The first kappa shape index (κ1) is 20.9. The molecule has 2 N–H and O–H groups in total. The summed E-state index contributed by atoms with van der Waals surface area (Å²) < 4.78 is 0. The summed E-state index contributed by atoms with van der Waals surface area (Å²) in [5.74, 6) is -1.22. The van der Waals surface area contributed by atoms with Crippen molar-refractivity contribution < 1.29 is 14.7 Å². The summed E-state index contributed by atoms with van der Waals surface area (Å²) in [5, 5.41) is 14.4. The molecule has 30 heavy (non-hydrogen) atoms. The second kappa shape index (κ2) is 9.62. The number of nitrogens with zero attached hydrogens (tertiary/aromatic N) is 2. The van der Waals surface area contributed by atoms with Crippen molar-refractivity contribution >= 4 is 34.6 Å². The van der Waals surface area contributed by atoms with Gasteiger partial charge in [0, 0.05) is 42.8 Å². The molecule has 0 atom stereocenters. The van der Waals surface area contributed by atoms with Crippen LogP contribution < -0.4 is 10.2 Å². The van der Waals surface area contributed by atoms with Gasteiger partial charge < -0.3 is 15.3 Å². The largest absolute Gasteiger partial charge is 0.478 e. The highest BCUT2D eigenvalue weighted by Crippen LogP contribution is 2.27. The molecule has 0 unspecified atom stereocenters. The molecule has 2 aliphatic rings. The Morgan fingerprint density at radius 2 is 1.83 bits per heavy atom. The number of nitrogens with one attached hydrogen (secondary N) is 1. The third-order valence-electron chi connectivity index (χ3n) is 6.19. The maximum atomic E-state index is 12.3. The minimum Gasteiger partial charge on any atom is -0.478 e. The molecule has 1 saturated carbocycles. The van der Waals surface area contributed by atoms with Gasteiger partial charge in [0.05, 0.1) is 17.7 Å². The predicted octanol–water partition coefficient (Wildman–Crippen LogP) is 4.08. The van der Waals surface area contributed by atoms with Crippen molar-refractivity contribution in [2.24, 2.45) is 0 Å². The van der Waals surface area contributed by atoms with Crippen LogP contribution in [0.2, 0.25) is 0 Å². The van der Waals surface area contributed by atoms with E-state index in [4.69, 9.17) is 0 Å². The van der Waals surface area contributed by atoms with Gasteiger partial charge in [-0.3, -0.25) is 9.69 Å². The number of carboxylic acids is 1. The molecule has 2 aromatic rings. The number of anilines is 2. The van der Waals surface area contributed by atoms with Crippen LogP contribution in [0.15, 0.2) is 35.7 Å². The van der Waals surface area contributed by atoms with Gasteiger partial charge >= 0.3 is 5.97 Å². The molecule has 2 fully saturated rings. The van der Waals surface area contributed by atoms with Crippen molar-refractivity contribution in [1.82, 2.24) is 4.90 Å². The van der Waals surface area contributed by atoms with Crippen molar-refractivity contribution in [1.29, 1.82) is 0 Å². The van der Waals surface area contributed by atoms with Gasteiger partial charge in [-0.15, -0.1) is 11.3 Å². The Labute approximate surface area is 181 Å². The number of thiophene rings is 1. The van der Waals surface area contributed by atoms with Crippen LogP contribution in [0.1, 0.15) is 47.3 Å². The summed E-state index contributed by atoms with van der Waals surface area (Å²) >= 11 is 1.52. The lowest BCUT2D eigenvalue weighted by Crippen LogP contribution is -2.50. The molecule has 1 aliphatic carbocycles. The quantitative estimate of drug-likeness (QED) is 0.727. The average Bonchev–Trinajstić information content (AvgIpc) is 3.27. The number of aromatic carboxylic acids is 1. The van der Waals surface area contributed by atoms with Crippen molar-refractivity contribution in [2.75, 3.05) is 36.4 Å². The van der Waals surface area contributed by atoms with Gasteiger partial charge in [-0.05, 0) is 42.5 Å². The zero-order valence-electron chi connectivity index (χ0n) is 17.2. The van der Waals surface area contributed by atoms with Gasteiger partial charge in [0.25, 0.3) is 0 Å². The number of benzene rings is 1. The van der Waals surface area contributed by atoms with E-state index in [1.165, 1.54) is 43.4 Å². The highest BCUT2D eigenvalue weighted by Gasteiger charge is 2.26. The number of carbonyl (C=O) groups excluding carboxylic acids is 1. The fraction of sp³-hybridized carbons (Fsp3) is 0.478. The fourth-order valence-electron chi connectivity index (χ4n) is 4.57. The van der Waals surface area contributed by atoms with Crippen LogP contribution in [0.25, 0.3) is 0 Å². The van der Waals surface area contributed by atoms with Gasteiger partial charge in [0.15, 0.2) is 0 Å². The second-order valence-electron chi connectivity index (χ2n) is 8.15. The molecular formula is C23H29N3O3S. The van der Waals surface area contributed by atoms with E-state index in [0.717, 1.165) is 42.8 Å². The first-order chi connectivity index (χ1) is 14.6. The summed E-state index contributed by atoms with van der Waals surface area (Å²) in [6.07, 6.45) is 6.91. The van der Waals surface area contributed by atoms with Gasteiger partial charge in [-0.1, -0.05) is 25.3 Å². The standard InChI is InChI=1S/C23H29N3O3S/c27-22(16-19-7-4-14-30-19)24-21-9-8-18(15-20(21)23(28)29)26-12-10-25(11-13-26)17-5-2-1-3-6-17/h4,7-9,14-15,17H,1-3,5-6,10-13,16H2,(H,24,27)(H,28,29). The zero-order chi connectivity index (χ0) is 20.9. The van der Waals surface area contributed by atoms with E-state index in [0.29, 0.717) is 5.69 Å². The summed E-state index contributed by atoms with van der Waals surface area (Å²) in [4.78, 5) is 30.0. The van der Waals surface area contributed by atoms with Crippen LogP contribution in [0, 0.1) is 0 Å². The summed E-state index contributed by atoms with van der Waals surface area (Å²) in [7, 11) is 0. The van der Waals surface area contributed by atoms with E-state index in [1.54, 1.807) is 12.1 Å². The number of hydrogen-bond donors (Lipinski definition) is 2. The summed E-state index contributed by atoms with van der Waals surface area (Å²) in [5.41, 5.74) is 1.40. The lowest BCUT2D eigenvalue weighted by molar-refractivity contribution is -0.115. The lowest BCUT2D eigenvalue weighted by atomic mass is 9.94. The Kier molecular flexibility index (Phi) is 6.69. The average molecular weight is 428 g/mol. The molecular weight excluding hydrogens is 398 g/mol. The molecule has 0 radical (unpaired) electrons. The van der Waals surface area contributed by atoms with Crippen molar-refractivity contribution in [3.05, 3.63) is 46.2 Å². The molecule has 7 heteroatoms. The van der Waals surface area contributed by atoms with Crippen molar-refractivity contribution in [2.45, 2.75) is 44.6 Å². The van der Waals surface area contributed by atoms with E-state index in [2.05, 4.69) is 15.1 Å². The monoisotopic (exact) mass is 427 g/mol. The number of hydrogen-bond acceptors (Lipinski definition) is 5. The van der Waals surface area contributed by atoms with Crippen LogP contribution in [-0.4, -0.2) is 54.1 Å². The Morgan fingerprint density at radius 3 is 2.50 bits per heavy atom. The van der Waals surface area contributed by atoms with E-state index >= 15 is 0 Å². The topological polar surface area (TPSA) is 72.9 Å². The van der Waals surface area contributed by atoms with Gasteiger partial charge in [0.1, 0.15) is 0 Å². The fourth-order valence-corrected chi connectivity index (χ4v) is 5.28. The molecule has 4 rings (SSSR count). The number of carbonyl (C=O) groups is 2. The summed E-state index contributed by atoms with van der Waals surface area (Å²) in [6, 6.07) is 9.86. The highest BCUT2D eigenvalue weighted by molar-refractivity contribution is 7.10. The Hall–Kier alpha value is -2.38. The number of carboxylic acid groups (broad SMARTS) is 1. The number of piperazine rings is 1. The maximum Gasteiger partial charge on any atom is 0.337 e. The van der Waals surface area contributed by atoms with Crippen LogP contribution in [0.5, 0.6) is 0 Å². The van der Waals surface area contributed by atoms with Gasteiger partial charge in [-0.2, -0.15) is 0 Å². The first-order valence-electron chi connectivity index (χ1n) is 10.8. The third kappa shape index (κ3) is 5.02. The molecule has 1 aromatic carbocycles. The van der Waals surface area contributed by atoms with Crippen molar-refractivity contribution in [3.63, 3.8) is 0 Å². The van der Waals surface area contributed by atoms with Gasteiger partial charge in [-0.25, -0.2) is 4.79 Å². The normalized spacial score (nSPS) is 18.3. The van der Waals surface area contributed by atoms with Gasteiger partial charge in [0.2, 0.25) is 5.91 Å². The Bertz CT molecular complexity index is 870. The molecule has 2 heterocycles. The van der Waals surface area contributed by atoms with Crippen LogP contribution in [-0.2, 0) is 11.2 Å². The first-order valence-corrected chi connectivity index (χ1v) is 11.7. The molecule has 1 aliphatic heterocycles. The van der Waals surface area contributed by atoms with Crippen LogP contribution in [0.3, 0.4) is 0 Å². The number of amides is 1. The minimum absolute atomic E-state index is 0.140. The van der Waals surface area contributed by atoms with E-state index in [-0.39, 0.29) is 17.9 Å². The molecule has 160 valence electrons. The molecule has 0 spiro atoms. The van der Waals surface area contributed by atoms with E-state index in [9.17, 15) is 14.7 Å². The van der Waals surface area contributed by atoms with Crippen molar-refractivity contribution in [3.8, 4) is 0 Å². The van der Waals surface area contributed by atoms with Crippen LogP contribution in [0.4, 0.5) is 11.4 Å². The molecule has 1 amide bonds. The molecule has 6 nitrogen and oxygen atoms in total. The third-order valence-corrected chi connectivity index (χ3v) is 7.07. The molecule has 1 aromatic heterocycles. The Morgan fingerprint density at radius 1 is 1.07 bits per heavy atom. The minimum atomic E-state index is -1.02. The molecule has 1 saturated heterocycles. The Balaban J connectivity index is 1.40. The zero-order valence-corrected chi connectivity index (χ0v) is 18.0.